The molecule has 2 rings (SSSR count). The van der Waals surface area contributed by atoms with Crippen LogP contribution in [-0.4, -0.2) is 30.8 Å². The number of hydrogen-bond acceptors (Lipinski definition) is 3. The third-order valence-corrected chi connectivity index (χ3v) is 4.34. The zero-order valence-corrected chi connectivity index (χ0v) is 10.6. The van der Waals surface area contributed by atoms with Crippen molar-refractivity contribution >= 4 is 0 Å². The van der Waals surface area contributed by atoms with Crippen molar-refractivity contribution in [3.63, 3.8) is 0 Å². The molecule has 0 spiro atoms. The van der Waals surface area contributed by atoms with Crippen LogP contribution < -0.4 is 11.1 Å². The monoisotopic (exact) mass is 226 g/mol. The van der Waals surface area contributed by atoms with Crippen LogP contribution in [0.1, 0.15) is 51.9 Å². The van der Waals surface area contributed by atoms with Gasteiger partial charge in [0.05, 0.1) is 5.60 Å². The van der Waals surface area contributed by atoms with E-state index in [0.29, 0.717) is 0 Å². The van der Waals surface area contributed by atoms with Crippen LogP contribution in [0.2, 0.25) is 0 Å². The molecule has 94 valence electrons. The second-order valence-electron chi connectivity index (χ2n) is 5.80. The molecule has 1 saturated heterocycles. The van der Waals surface area contributed by atoms with Gasteiger partial charge in [0, 0.05) is 25.2 Å². The van der Waals surface area contributed by atoms with Crippen LogP contribution in [0.4, 0.5) is 0 Å². The molecule has 2 aliphatic rings. The van der Waals surface area contributed by atoms with Crippen LogP contribution in [0.15, 0.2) is 0 Å². The van der Waals surface area contributed by atoms with Crippen molar-refractivity contribution in [2.24, 2.45) is 5.73 Å². The molecule has 1 heterocycles. The maximum Gasteiger partial charge on any atom is 0.0779 e. The molecule has 16 heavy (non-hydrogen) atoms. The Morgan fingerprint density at radius 2 is 1.88 bits per heavy atom. The van der Waals surface area contributed by atoms with E-state index in [1.807, 2.05) is 0 Å². The Morgan fingerprint density at radius 1 is 1.12 bits per heavy atom. The fourth-order valence-corrected chi connectivity index (χ4v) is 3.03. The maximum absolute atomic E-state index is 5.96. The average Bonchev–Trinajstić information content (AvgIpc) is 2.76. The molecule has 1 saturated carbocycles. The highest BCUT2D eigenvalue weighted by atomic mass is 16.5. The molecule has 0 radical (unpaired) electrons. The summed E-state index contributed by atoms with van der Waals surface area (Å²) < 4.78 is 5.82. The van der Waals surface area contributed by atoms with E-state index >= 15 is 0 Å². The van der Waals surface area contributed by atoms with Crippen LogP contribution >= 0.6 is 0 Å². The summed E-state index contributed by atoms with van der Waals surface area (Å²) in [4.78, 5) is 0. The molecule has 2 fully saturated rings. The van der Waals surface area contributed by atoms with Crippen LogP contribution in [0.3, 0.4) is 0 Å². The van der Waals surface area contributed by atoms with E-state index in [0.717, 1.165) is 19.7 Å². The minimum atomic E-state index is 0.0552. The van der Waals surface area contributed by atoms with Gasteiger partial charge in [0.25, 0.3) is 0 Å². The SMILES string of the molecule is CC1(CNC2(CN)CCCCC2)CCCO1. The van der Waals surface area contributed by atoms with Gasteiger partial charge in [0.15, 0.2) is 0 Å². The van der Waals surface area contributed by atoms with E-state index in [9.17, 15) is 0 Å². The Morgan fingerprint density at radius 3 is 2.44 bits per heavy atom. The molecule has 1 unspecified atom stereocenters. The van der Waals surface area contributed by atoms with Crippen LogP contribution in [0.25, 0.3) is 0 Å². The number of rotatable bonds is 4. The van der Waals surface area contributed by atoms with Crippen molar-refractivity contribution in [2.45, 2.75) is 63.0 Å². The Labute approximate surface area is 99.1 Å². The van der Waals surface area contributed by atoms with Gasteiger partial charge in [-0.3, -0.25) is 0 Å². The number of nitrogens with two attached hydrogens (primary N) is 1. The summed E-state index contributed by atoms with van der Waals surface area (Å²) in [7, 11) is 0. The van der Waals surface area contributed by atoms with Gasteiger partial charge in [-0.1, -0.05) is 19.3 Å². The predicted molar refractivity (Wildman–Crippen MR) is 66.5 cm³/mol. The smallest absolute Gasteiger partial charge is 0.0779 e. The van der Waals surface area contributed by atoms with Crippen molar-refractivity contribution in [1.82, 2.24) is 5.32 Å². The molecule has 0 aromatic carbocycles. The molecule has 0 aromatic rings. The zero-order valence-electron chi connectivity index (χ0n) is 10.6. The summed E-state index contributed by atoms with van der Waals surface area (Å²) >= 11 is 0. The predicted octanol–water partition coefficient (Wildman–Crippen LogP) is 1.81. The molecule has 3 N–H and O–H groups in total. The maximum atomic E-state index is 5.96. The van der Waals surface area contributed by atoms with Crippen molar-refractivity contribution in [1.29, 1.82) is 0 Å². The Hall–Kier alpha value is -0.120. The topological polar surface area (TPSA) is 47.3 Å². The third kappa shape index (κ3) is 2.76. The van der Waals surface area contributed by atoms with Gasteiger partial charge in [-0.15, -0.1) is 0 Å². The largest absolute Gasteiger partial charge is 0.374 e. The summed E-state index contributed by atoms with van der Waals surface area (Å²) in [5, 5.41) is 3.72. The number of hydrogen-bond donors (Lipinski definition) is 2. The normalized spacial score (nSPS) is 34.1. The molecule has 1 aliphatic heterocycles. The first kappa shape index (κ1) is 12.3. The van der Waals surface area contributed by atoms with Crippen molar-refractivity contribution in [3.05, 3.63) is 0 Å². The van der Waals surface area contributed by atoms with Gasteiger partial charge in [0.2, 0.25) is 0 Å². The Balaban J connectivity index is 1.86. The molecular formula is C13H26N2O. The van der Waals surface area contributed by atoms with E-state index in [-0.39, 0.29) is 11.1 Å². The lowest BCUT2D eigenvalue weighted by Crippen LogP contribution is -2.56. The minimum Gasteiger partial charge on any atom is -0.374 e. The van der Waals surface area contributed by atoms with Crippen LogP contribution in [0, 0.1) is 0 Å². The van der Waals surface area contributed by atoms with Crippen LogP contribution in [0.5, 0.6) is 0 Å². The fourth-order valence-electron chi connectivity index (χ4n) is 3.03. The van der Waals surface area contributed by atoms with E-state index in [4.69, 9.17) is 10.5 Å². The van der Waals surface area contributed by atoms with Gasteiger partial charge in [-0.25, -0.2) is 0 Å². The summed E-state index contributed by atoms with van der Waals surface area (Å²) in [6, 6.07) is 0. The first-order chi connectivity index (χ1) is 7.68. The van der Waals surface area contributed by atoms with E-state index in [1.165, 1.54) is 44.9 Å². The van der Waals surface area contributed by atoms with E-state index in [1.54, 1.807) is 0 Å². The third-order valence-electron chi connectivity index (χ3n) is 4.34. The fraction of sp³-hybridized carbons (Fsp3) is 1.00. The summed E-state index contributed by atoms with van der Waals surface area (Å²) in [6.07, 6.45) is 8.87. The standard InChI is InChI=1S/C13H26N2O/c1-12(6-5-9-16-12)11-15-13(10-14)7-3-2-4-8-13/h15H,2-11,14H2,1H3. The Bertz CT molecular complexity index is 218. The average molecular weight is 226 g/mol. The van der Waals surface area contributed by atoms with Crippen molar-refractivity contribution in [3.8, 4) is 0 Å². The molecule has 0 amide bonds. The van der Waals surface area contributed by atoms with Gasteiger partial charge < -0.3 is 15.8 Å². The van der Waals surface area contributed by atoms with Gasteiger partial charge >= 0.3 is 0 Å². The van der Waals surface area contributed by atoms with Crippen molar-refractivity contribution in [2.75, 3.05) is 19.7 Å². The van der Waals surface area contributed by atoms with E-state index in [2.05, 4.69) is 12.2 Å². The van der Waals surface area contributed by atoms with E-state index < -0.39 is 0 Å². The second-order valence-corrected chi connectivity index (χ2v) is 5.80. The molecular weight excluding hydrogens is 200 g/mol. The minimum absolute atomic E-state index is 0.0552. The first-order valence-electron chi connectivity index (χ1n) is 6.77. The lowest BCUT2D eigenvalue weighted by Gasteiger charge is -2.39. The zero-order chi connectivity index (χ0) is 11.5. The first-order valence-corrected chi connectivity index (χ1v) is 6.77. The van der Waals surface area contributed by atoms with Gasteiger partial charge in [0.1, 0.15) is 0 Å². The van der Waals surface area contributed by atoms with Crippen molar-refractivity contribution < 1.29 is 4.74 Å². The quantitative estimate of drug-likeness (QED) is 0.768. The molecule has 1 aliphatic carbocycles. The van der Waals surface area contributed by atoms with Gasteiger partial charge in [-0.05, 0) is 32.6 Å². The van der Waals surface area contributed by atoms with Crippen LogP contribution in [-0.2, 0) is 4.74 Å². The summed E-state index contributed by atoms with van der Waals surface area (Å²) in [5.74, 6) is 0. The molecule has 3 heteroatoms. The lowest BCUT2D eigenvalue weighted by molar-refractivity contribution is 0.0120. The lowest BCUT2D eigenvalue weighted by atomic mass is 9.81. The van der Waals surface area contributed by atoms with Gasteiger partial charge in [-0.2, -0.15) is 0 Å². The highest BCUT2D eigenvalue weighted by Crippen LogP contribution is 2.30. The molecule has 1 atom stereocenters. The number of nitrogens with one attached hydrogen (secondary N) is 1. The Kier molecular flexibility index (Phi) is 3.88. The molecule has 0 aromatic heterocycles. The molecule has 0 bridgehead atoms. The molecule has 3 nitrogen and oxygen atoms in total. The highest BCUT2D eigenvalue weighted by molar-refractivity contribution is 4.95. The second kappa shape index (κ2) is 5.03. The summed E-state index contributed by atoms with van der Waals surface area (Å²) in [5.41, 5.74) is 6.22. The highest BCUT2D eigenvalue weighted by Gasteiger charge is 2.35. The number of ether oxygens (including phenoxy) is 1. The summed E-state index contributed by atoms with van der Waals surface area (Å²) in [6.45, 7) is 4.88.